The Bertz CT molecular complexity index is 1210. The number of likely N-dealkylation sites (tertiary alicyclic amines) is 1. The lowest BCUT2D eigenvalue weighted by Gasteiger charge is -2.18. The van der Waals surface area contributed by atoms with Crippen LogP contribution >= 0.6 is 23.1 Å². The molecule has 1 aliphatic carbocycles. The van der Waals surface area contributed by atoms with E-state index in [-0.39, 0.29) is 22.9 Å². The number of aryl methyl sites for hydroxylation is 1. The molecule has 0 N–H and O–H groups in total. The summed E-state index contributed by atoms with van der Waals surface area (Å²) in [5.74, 6) is 0.336. The number of hydrogen-bond donors (Lipinski definition) is 0. The largest absolute Gasteiger partial charge is 0.342 e. The zero-order valence-corrected chi connectivity index (χ0v) is 19.0. The zero-order valence-electron chi connectivity index (χ0n) is 17.4. The molecule has 1 aliphatic heterocycles. The minimum atomic E-state index is -0.476. The predicted octanol–water partition coefficient (Wildman–Crippen LogP) is 4.43. The van der Waals surface area contributed by atoms with Gasteiger partial charge in [0.05, 0.1) is 16.8 Å². The summed E-state index contributed by atoms with van der Waals surface area (Å²) in [4.78, 5) is 34.8. The first-order valence-corrected chi connectivity index (χ1v) is 12.6. The Balaban J connectivity index is 1.62. The molecule has 31 heavy (non-hydrogen) atoms. The fourth-order valence-corrected chi connectivity index (χ4v) is 6.83. The first kappa shape index (κ1) is 20.7. The number of thioether (sulfide) groups is 1. The van der Waals surface area contributed by atoms with E-state index >= 15 is 0 Å². The van der Waals surface area contributed by atoms with Crippen LogP contribution in [0.15, 0.2) is 34.2 Å². The molecule has 0 saturated carbocycles. The normalized spacial score (nSPS) is 18.5. The molecule has 1 aromatic carbocycles. The van der Waals surface area contributed by atoms with Crippen molar-refractivity contribution < 1.29 is 9.18 Å². The highest BCUT2D eigenvalue weighted by atomic mass is 32.2. The van der Waals surface area contributed by atoms with Crippen LogP contribution < -0.4 is 5.56 Å². The van der Waals surface area contributed by atoms with Gasteiger partial charge in [-0.2, -0.15) is 0 Å². The van der Waals surface area contributed by atoms with Crippen LogP contribution in [0.25, 0.3) is 15.9 Å². The third-order valence-electron chi connectivity index (χ3n) is 6.18. The second kappa shape index (κ2) is 8.39. The molecule has 2 aromatic heterocycles. The summed E-state index contributed by atoms with van der Waals surface area (Å²) in [5.41, 5.74) is 1.02. The van der Waals surface area contributed by atoms with E-state index in [2.05, 4.69) is 6.92 Å². The Kier molecular flexibility index (Phi) is 5.60. The SMILES string of the molecule is C[C@@H]1CCc2c(sc3nc(SCC(=O)N4CCCC4)n(-c4ccccc4F)c(=O)c23)C1. The molecule has 2 aliphatic rings. The van der Waals surface area contributed by atoms with Crippen LogP contribution in [0.4, 0.5) is 4.39 Å². The maximum Gasteiger partial charge on any atom is 0.267 e. The number of thiophene rings is 1. The molecule has 3 heterocycles. The second-order valence-corrected chi connectivity index (χ2v) is 10.4. The molecule has 8 heteroatoms. The van der Waals surface area contributed by atoms with Crippen LogP contribution in [0, 0.1) is 11.7 Å². The second-order valence-electron chi connectivity index (χ2n) is 8.39. The molecule has 1 atom stereocenters. The Labute approximate surface area is 188 Å². The van der Waals surface area contributed by atoms with E-state index < -0.39 is 5.82 Å². The summed E-state index contributed by atoms with van der Waals surface area (Å²) in [5, 5.41) is 0.993. The van der Waals surface area contributed by atoms with Crippen LogP contribution in [-0.4, -0.2) is 39.2 Å². The van der Waals surface area contributed by atoms with Gasteiger partial charge >= 0.3 is 0 Å². The summed E-state index contributed by atoms with van der Waals surface area (Å²) in [6.45, 7) is 3.78. The summed E-state index contributed by atoms with van der Waals surface area (Å²) in [6.07, 6.45) is 4.90. The molecule has 0 radical (unpaired) electrons. The maximum absolute atomic E-state index is 14.7. The number of aromatic nitrogens is 2. The summed E-state index contributed by atoms with van der Waals surface area (Å²) < 4.78 is 16.1. The van der Waals surface area contributed by atoms with E-state index in [1.54, 1.807) is 29.5 Å². The maximum atomic E-state index is 14.7. The van der Waals surface area contributed by atoms with Crippen LogP contribution in [-0.2, 0) is 17.6 Å². The van der Waals surface area contributed by atoms with Gasteiger partial charge in [-0.15, -0.1) is 11.3 Å². The lowest BCUT2D eigenvalue weighted by Crippen LogP contribution is -2.30. The van der Waals surface area contributed by atoms with Gasteiger partial charge in [0.2, 0.25) is 5.91 Å². The number of fused-ring (bicyclic) bond motifs is 3. The van der Waals surface area contributed by atoms with Gasteiger partial charge in [-0.3, -0.25) is 14.2 Å². The van der Waals surface area contributed by atoms with Crippen LogP contribution in [0.2, 0.25) is 0 Å². The topological polar surface area (TPSA) is 55.2 Å². The molecule has 1 fully saturated rings. The highest BCUT2D eigenvalue weighted by Gasteiger charge is 2.26. The average molecular weight is 458 g/mol. The number of carbonyl (C=O) groups excluding carboxylic acids is 1. The minimum absolute atomic E-state index is 0.0382. The number of amides is 1. The number of carbonyl (C=O) groups is 1. The van der Waals surface area contributed by atoms with Gasteiger partial charge in [0.15, 0.2) is 5.16 Å². The Morgan fingerprint density at radius 3 is 2.84 bits per heavy atom. The zero-order chi connectivity index (χ0) is 21.5. The van der Waals surface area contributed by atoms with Gasteiger partial charge in [-0.05, 0) is 55.7 Å². The Hall–Kier alpha value is -2.19. The number of nitrogens with zero attached hydrogens (tertiary/aromatic N) is 3. The quantitative estimate of drug-likeness (QED) is 0.430. The lowest BCUT2D eigenvalue weighted by atomic mass is 9.89. The van der Waals surface area contributed by atoms with Gasteiger partial charge in [0, 0.05) is 18.0 Å². The van der Waals surface area contributed by atoms with E-state index in [9.17, 15) is 14.0 Å². The number of halogens is 1. The van der Waals surface area contributed by atoms with Gasteiger partial charge in [0.25, 0.3) is 5.56 Å². The molecule has 5 rings (SSSR count). The van der Waals surface area contributed by atoms with Crippen molar-refractivity contribution in [1.82, 2.24) is 14.5 Å². The first-order chi connectivity index (χ1) is 15.0. The monoisotopic (exact) mass is 457 g/mol. The van der Waals surface area contributed by atoms with E-state index in [1.807, 2.05) is 4.90 Å². The van der Waals surface area contributed by atoms with Crippen LogP contribution in [0.5, 0.6) is 0 Å². The average Bonchev–Trinajstić information content (AvgIpc) is 3.40. The van der Waals surface area contributed by atoms with Crippen molar-refractivity contribution in [2.45, 2.75) is 44.2 Å². The van der Waals surface area contributed by atoms with E-state index in [0.717, 1.165) is 50.8 Å². The molecule has 0 spiro atoms. The first-order valence-electron chi connectivity index (χ1n) is 10.8. The van der Waals surface area contributed by atoms with Gasteiger partial charge in [0.1, 0.15) is 10.6 Å². The molecule has 1 amide bonds. The molecule has 5 nitrogen and oxygen atoms in total. The van der Waals surface area contributed by atoms with Crippen molar-refractivity contribution in [3.63, 3.8) is 0 Å². The van der Waals surface area contributed by atoms with E-state index in [4.69, 9.17) is 4.98 Å². The van der Waals surface area contributed by atoms with Crippen molar-refractivity contribution in [2.75, 3.05) is 18.8 Å². The smallest absolute Gasteiger partial charge is 0.267 e. The van der Waals surface area contributed by atoms with E-state index in [1.165, 1.54) is 27.3 Å². The molecule has 3 aromatic rings. The summed E-state index contributed by atoms with van der Waals surface area (Å²) in [7, 11) is 0. The fourth-order valence-electron chi connectivity index (χ4n) is 4.50. The molecule has 1 saturated heterocycles. The molecular formula is C23H24FN3O2S2. The standard InChI is InChI=1S/C23H24FN3O2S2/c1-14-8-9-15-18(12-14)31-21-20(15)22(29)27(17-7-3-2-6-16(17)24)23(25-21)30-13-19(28)26-10-4-5-11-26/h2-3,6-7,14H,4-5,8-13H2,1H3/t14-/m1/s1. The third kappa shape index (κ3) is 3.80. The van der Waals surface area contributed by atoms with Crippen molar-refractivity contribution in [3.05, 3.63) is 50.9 Å². The van der Waals surface area contributed by atoms with Crippen LogP contribution in [0.1, 0.15) is 36.6 Å². The fraction of sp³-hybridized carbons (Fsp3) is 0.435. The molecule has 0 unspecified atom stereocenters. The third-order valence-corrected chi connectivity index (χ3v) is 8.25. The predicted molar refractivity (Wildman–Crippen MR) is 123 cm³/mol. The van der Waals surface area contributed by atoms with Crippen molar-refractivity contribution >= 4 is 39.2 Å². The van der Waals surface area contributed by atoms with Gasteiger partial charge < -0.3 is 4.90 Å². The highest BCUT2D eigenvalue weighted by molar-refractivity contribution is 7.99. The van der Waals surface area contributed by atoms with E-state index in [0.29, 0.717) is 21.3 Å². The van der Waals surface area contributed by atoms with Gasteiger partial charge in [-0.1, -0.05) is 30.8 Å². The number of para-hydroxylation sites is 1. The molecular weight excluding hydrogens is 433 g/mol. The summed E-state index contributed by atoms with van der Waals surface area (Å²) >= 11 is 2.79. The van der Waals surface area contributed by atoms with Crippen molar-refractivity contribution in [2.24, 2.45) is 5.92 Å². The minimum Gasteiger partial charge on any atom is -0.342 e. The number of hydrogen-bond acceptors (Lipinski definition) is 5. The van der Waals surface area contributed by atoms with Crippen molar-refractivity contribution in [3.8, 4) is 5.69 Å². The number of rotatable bonds is 4. The van der Waals surface area contributed by atoms with Gasteiger partial charge in [-0.25, -0.2) is 9.37 Å². The number of benzene rings is 1. The molecule has 162 valence electrons. The lowest BCUT2D eigenvalue weighted by molar-refractivity contribution is -0.127. The molecule has 0 bridgehead atoms. The Morgan fingerprint density at radius 1 is 1.29 bits per heavy atom. The van der Waals surface area contributed by atoms with Crippen molar-refractivity contribution in [1.29, 1.82) is 0 Å². The van der Waals surface area contributed by atoms with Crippen LogP contribution in [0.3, 0.4) is 0 Å². The summed E-state index contributed by atoms with van der Waals surface area (Å²) in [6, 6.07) is 6.26. The highest BCUT2D eigenvalue weighted by Crippen LogP contribution is 2.37. The Morgan fingerprint density at radius 2 is 2.06 bits per heavy atom.